The highest BCUT2D eigenvalue weighted by molar-refractivity contribution is 6.29. The molecule has 0 aliphatic carbocycles. The number of methoxy groups -OCH3 is 1. The minimum absolute atomic E-state index is 0.00162. The number of carbonyl (C=O) groups is 1. The Labute approximate surface area is 85.8 Å². The summed E-state index contributed by atoms with van der Waals surface area (Å²) in [5.74, 6) is -0.177. The van der Waals surface area contributed by atoms with Crippen molar-refractivity contribution in [2.24, 2.45) is 0 Å². The fourth-order valence-electron chi connectivity index (χ4n) is 0.656. The molecule has 6 heteroatoms. The van der Waals surface area contributed by atoms with Crippen molar-refractivity contribution in [3.8, 4) is 0 Å². The predicted octanol–water partition coefficient (Wildman–Crippen LogP) is 1.23. The first-order valence-electron chi connectivity index (χ1n) is 3.65. The predicted molar refractivity (Wildman–Crippen MR) is 51.8 cm³/mol. The number of ether oxygens (including phenoxy) is 1. The summed E-state index contributed by atoms with van der Waals surface area (Å²) in [5.41, 5.74) is 0. The quantitative estimate of drug-likeness (QED) is 0.606. The van der Waals surface area contributed by atoms with Gasteiger partial charge in [0.25, 0.3) is 5.91 Å². The molecule has 1 amide bonds. The Morgan fingerprint density at radius 1 is 1.57 bits per heavy atom. The molecule has 0 saturated carbocycles. The number of anilines is 1. The fourth-order valence-corrected chi connectivity index (χ4v) is 0.753. The molecule has 0 unspecified atom stereocenters. The number of nitrogens with zero attached hydrogens (tertiary/aromatic N) is 2. The molecule has 0 bridgehead atoms. The summed E-state index contributed by atoms with van der Waals surface area (Å²) in [6.07, 6.45) is 2.66. The Hall–Kier alpha value is -1.62. The van der Waals surface area contributed by atoms with Crippen LogP contribution in [0.5, 0.6) is 0 Å². The minimum Gasteiger partial charge on any atom is -0.492 e. The normalized spacial score (nSPS) is 9.29. The zero-order valence-corrected chi connectivity index (χ0v) is 8.21. The van der Waals surface area contributed by atoms with E-state index < -0.39 is 5.91 Å². The van der Waals surface area contributed by atoms with Crippen LogP contribution < -0.4 is 5.32 Å². The number of hydrogen-bond donors (Lipinski definition) is 1. The number of amides is 1. The van der Waals surface area contributed by atoms with Crippen LogP contribution in [-0.4, -0.2) is 23.0 Å². The molecule has 1 N–H and O–H groups in total. The molecule has 0 aromatic carbocycles. The summed E-state index contributed by atoms with van der Waals surface area (Å²) < 4.78 is 4.63. The van der Waals surface area contributed by atoms with Crippen LogP contribution >= 0.6 is 11.6 Å². The van der Waals surface area contributed by atoms with Gasteiger partial charge in [-0.1, -0.05) is 18.2 Å². The van der Waals surface area contributed by atoms with E-state index in [1.807, 2.05) is 0 Å². The van der Waals surface area contributed by atoms with Gasteiger partial charge < -0.3 is 10.1 Å². The lowest BCUT2D eigenvalue weighted by Crippen LogP contribution is -2.15. The molecule has 5 nitrogen and oxygen atoms in total. The fraction of sp³-hybridized carbons (Fsp3) is 0.125. The molecule has 1 aromatic rings. The van der Waals surface area contributed by atoms with E-state index >= 15 is 0 Å². The van der Waals surface area contributed by atoms with Crippen LogP contribution in [0.4, 0.5) is 5.82 Å². The third-order valence-electron chi connectivity index (χ3n) is 1.36. The molecule has 74 valence electrons. The highest BCUT2D eigenvalue weighted by Gasteiger charge is 2.07. The smallest absolute Gasteiger partial charge is 0.291 e. The second-order valence-electron chi connectivity index (χ2n) is 2.31. The molecule has 0 saturated heterocycles. The van der Waals surface area contributed by atoms with Crippen molar-refractivity contribution in [3.05, 3.63) is 29.9 Å². The minimum atomic E-state index is -0.468. The number of aromatic nitrogens is 2. The summed E-state index contributed by atoms with van der Waals surface area (Å²) in [4.78, 5) is 18.7. The second-order valence-corrected chi connectivity index (χ2v) is 2.69. The highest BCUT2D eigenvalue weighted by atomic mass is 35.5. The van der Waals surface area contributed by atoms with Crippen LogP contribution in [0.25, 0.3) is 0 Å². The molecule has 1 heterocycles. The standard InChI is InChI=1S/C8H8ClN3O2/c1-5(14-2)8(13)12-7-4-10-6(9)3-11-7/h3-4H,1H2,2H3,(H,11,12,13). The first-order chi connectivity index (χ1) is 6.63. The van der Waals surface area contributed by atoms with Crippen LogP contribution in [0.15, 0.2) is 24.7 Å². The maximum Gasteiger partial charge on any atom is 0.291 e. The number of hydrogen-bond acceptors (Lipinski definition) is 4. The van der Waals surface area contributed by atoms with E-state index in [4.69, 9.17) is 11.6 Å². The number of halogens is 1. The van der Waals surface area contributed by atoms with Crippen molar-refractivity contribution >= 4 is 23.3 Å². The van der Waals surface area contributed by atoms with Gasteiger partial charge in [0.1, 0.15) is 5.15 Å². The largest absolute Gasteiger partial charge is 0.492 e. The molecule has 1 aromatic heterocycles. The van der Waals surface area contributed by atoms with Crippen LogP contribution in [-0.2, 0) is 9.53 Å². The maximum absolute atomic E-state index is 11.2. The van der Waals surface area contributed by atoms with Gasteiger partial charge in [-0.15, -0.1) is 0 Å². The second kappa shape index (κ2) is 4.57. The highest BCUT2D eigenvalue weighted by Crippen LogP contribution is 2.06. The van der Waals surface area contributed by atoms with E-state index in [1.54, 1.807) is 0 Å². The maximum atomic E-state index is 11.2. The van der Waals surface area contributed by atoms with Crippen molar-refractivity contribution in [1.29, 1.82) is 0 Å². The van der Waals surface area contributed by atoms with Crippen molar-refractivity contribution < 1.29 is 9.53 Å². The van der Waals surface area contributed by atoms with Crippen LogP contribution in [0.2, 0.25) is 5.15 Å². The van der Waals surface area contributed by atoms with E-state index in [-0.39, 0.29) is 16.7 Å². The topological polar surface area (TPSA) is 64.1 Å². The van der Waals surface area contributed by atoms with E-state index in [0.717, 1.165) is 0 Å². The molecule has 0 spiro atoms. The van der Waals surface area contributed by atoms with Gasteiger partial charge in [-0.25, -0.2) is 9.97 Å². The molecule has 0 aliphatic heterocycles. The van der Waals surface area contributed by atoms with Crippen molar-refractivity contribution in [2.75, 3.05) is 12.4 Å². The van der Waals surface area contributed by atoms with E-state index in [1.165, 1.54) is 19.5 Å². The number of rotatable bonds is 3. The Morgan fingerprint density at radius 3 is 2.79 bits per heavy atom. The van der Waals surface area contributed by atoms with E-state index in [0.29, 0.717) is 0 Å². The third-order valence-corrected chi connectivity index (χ3v) is 1.56. The van der Waals surface area contributed by atoms with Gasteiger partial charge in [-0.05, 0) is 0 Å². The lowest BCUT2D eigenvalue weighted by atomic mass is 10.5. The third kappa shape index (κ3) is 2.70. The molecule has 0 aliphatic rings. The summed E-state index contributed by atoms with van der Waals surface area (Å²) in [7, 11) is 1.36. The van der Waals surface area contributed by atoms with Gasteiger partial charge in [-0.3, -0.25) is 4.79 Å². The van der Waals surface area contributed by atoms with Gasteiger partial charge in [0, 0.05) is 0 Å². The lowest BCUT2D eigenvalue weighted by Gasteiger charge is -2.04. The van der Waals surface area contributed by atoms with Crippen molar-refractivity contribution in [1.82, 2.24) is 9.97 Å². The molecular weight excluding hydrogens is 206 g/mol. The zero-order valence-electron chi connectivity index (χ0n) is 7.45. The van der Waals surface area contributed by atoms with E-state index in [2.05, 4.69) is 26.6 Å². The van der Waals surface area contributed by atoms with Crippen LogP contribution in [0.1, 0.15) is 0 Å². The zero-order chi connectivity index (χ0) is 10.6. The Kier molecular flexibility index (Phi) is 3.41. The van der Waals surface area contributed by atoms with Gasteiger partial charge in [0.2, 0.25) is 0 Å². The summed E-state index contributed by atoms with van der Waals surface area (Å²) in [6.45, 7) is 3.38. The Balaban J connectivity index is 2.65. The average molecular weight is 214 g/mol. The summed E-state index contributed by atoms with van der Waals surface area (Å²) in [5, 5.41) is 2.68. The molecule has 0 fully saturated rings. The first-order valence-corrected chi connectivity index (χ1v) is 4.03. The lowest BCUT2D eigenvalue weighted by molar-refractivity contribution is -0.115. The number of carbonyl (C=O) groups excluding carboxylic acids is 1. The van der Waals surface area contributed by atoms with Gasteiger partial charge in [-0.2, -0.15) is 0 Å². The summed E-state index contributed by atoms with van der Waals surface area (Å²) in [6, 6.07) is 0. The van der Waals surface area contributed by atoms with Crippen LogP contribution in [0, 0.1) is 0 Å². The van der Waals surface area contributed by atoms with Gasteiger partial charge in [0.15, 0.2) is 11.6 Å². The van der Waals surface area contributed by atoms with E-state index in [9.17, 15) is 4.79 Å². The van der Waals surface area contributed by atoms with Gasteiger partial charge in [0.05, 0.1) is 19.5 Å². The van der Waals surface area contributed by atoms with Crippen molar-refractivity contribution in [2.45, 2.75) is 0 Å². The molecule has 0 radical (unpaired) electrons. The summed E-state index contributed by atoms with van der Waals surface area (Å²) >= 11 is 5.51. The molecule has 14 heavy (non-hydrogen) atoms. The Bertz CT molecular complexity index is 350. The monoisotopic (exact) mass is 213 g/mol. The Morgan fingerprint density at radius 2 is 2.29 bits per heavy atom. The first kappa shape index (κ1) is 10.5. The van der Waals surface area contributed by atoms with Crippen molar-refractivity contribution in [3.63, 3.8) is 0 Å². The molecular formula is C8H8ClN3O2. The SMILES string of the molecule is C=C(OC)C(=O)Nc1cnc(Cl)cn1. The van der Waals surface area contributed by atoms with Crippen LogP contribution in [0.3, 0.4) is 0 Å². The van der Waals surface area contributed by atoms with Gasteiger partial charge >= 0.3 is 0 Å². The number of nitrogens with one attached hydrogen (secondary N) is 1. The molecule has 1 rings (SSSR count). The average Bonchev–Trinajstić information content (AvgIpc) is 2.20. The molecule has 0 atom stereocenters.